The summed E-state index contributed by atoms with van der Waals surface area (Å²) in [5.41, 5.74) is 5.15. The van der Waals surface area contributed by atoms with Crippen LogP contribution in [0.15, 0.2) is 58.1 Å². The van der Waals surface area contributed by atoms with E-state index in [1.807, 2.05) is 36.5 Å². The molecule has 28 heavy (non-hydrogen) atoms. The fraction of sp³-hybridized carbons (Fsp3) is 0.238. The predicted molar refractivity (Wildman–Crippen MR) is 123 cm³/mol. The van der Waals surface area contributed by atoms with Crippen LogP contribution in [-0.2, 0) is 13.1 Å². The van der Waals surface area contributed by atoms with Crippen molar-refractivity contribution in [3.63, 3.8) is 0 Å². The number of para-hydroxylation sites is 1. The van der Waals surface area contributed by atoms with Gasteiger partial charge >= 0.3 is 0 Å². The number of rotatable bonds is 4. The lowest BCUT2D eigenvalue weighted by molar-refractivity contribution is 0.534. The Bertz CT molecular complexity index is 1130. The zero-order chi connectivity index (χ0) is 18.8. The Kier molecular flexibility index (Phi) is 6.23. The van der Waals surface area contributed by atoms with Crippen LogP contribution in [0.2, 0.25) is 0 Å². The van der Waals surface area contributed by atoms with E-state index in [0.717, 1.165) is 39.3 Å². The van der Waals surface area contributed by atoms with Crippen molar-refractivity contribution >= 4 is 46.6 Å². The molecule has 0 aliphatic rings. The Hall–Kier alpha value is -2.55. The van der Waals surface area contributed by atoms with Crippen LogP contribution >= 0.6 is 24.0 Å². The van der Waals surface area contributed by atoms with E-state index in [-0.39, 0.29) is 24.0 Å². The van der Waals surface area contributed by atoms with E-state index in [2.05, 4.69) is 51.0 Å². The molecule has 4 aromatic rings. The molecular formula is C21H24IN5O. The number of halogens is 1. The second-order valence-electron chi connectivity index (χ2n) is 6.55. The minimum absolute atomic E-state index is 0. The van der Waals surface area contributed by atoms with Crippen molar-refractivity contribution in [3.8, 4) is 0 Å². The van der Waals surface area contributed by atoms with Crippen molar-refractivity contribution in [3.05, 3.63) is 71.4 Å². The maximum absolute atomic E-state index is 5.95. The lowest BCUT2D eigenvalue weighted by Crippen LogP contribution is -2.36. The second kappa shape index (κ2) is 8.64. The summed E-state index contributed by atoms with van der Waals surface area (Å²) in [5.74, 6) is 1.63. The topological polar surface area (TPSA) is 66.9 Å². The van der Waals surface area contributed by atoms with Gasteiger partial charge in [-0.1, -0.05) is 24.3 Å². The van der Waals surface area contributed by atoms with Gasteiger partial charge in [0.25, 0.3) is 0 Å². The average Bonchev–Trinajstić information content (AvgIpc) is 3.24. The van der Waals surface area contributed by atoms with Gasteiger partial charge in [-0.15, -0.1) is 24.0 Å². The summed E-state index contributed by atoms with van der Waals surface area (Å²) >= 11 is 0. The molecule has 6 nitrogen and oxygen atoms in total. The number of pyridine rings is 1. The summed E-state index contributed by atoms with van der Waals surface area (Å²) in [5, 5.41) is 7.77. The molecule has 3 heterocycles. The van der Waals surface area contributed by atoms with Gasteiger partial charge in [0.1, 0.15) is 17.0 Å². The first kappa shape index (κ1) is 20.2. The number of hydrogen-bond donors (Lipinski definition) is 2. The molecule has 0 saturated carbocycles. The van der Waals surface area contributed by atoms with Gasteiger partial charge in [0, 0.05) is 29.9 Å². The molecule has 0 saturated heterocycles. The van der Waals surface area contributed by atoms with Crippen molar-refractivity contribution < 1.29 is 4.42 Å². The first-order valence-electron chi connectivity index (χ1n) is 9.01. The predicted octanol–water partition coefficient (Wildman–Crippen LogP) is 4.18. The van der Waals surface area contributed by atoms with Crippen LogP contribution in [-0.4, -0.2) is 22.4 Å². The molecule has 0 aliphatic heterocycles. The molecule has 0 atom stereocenters. The smallest absolute Gasteiger partial charge is 0.191 e. The number of furan rings is 1. The highest BCUT2D eigenvalue weighted by molar-refractivity contribution is 14.0. The Morgan fingerprint density at radius 1 is 1.07 bits per heavy atom. The SMILES string of the molecule is CN=C(NCc1cn2c(C)cccc2n1)NCc1oc2ccccc2c1C.I. The summed E-state index contributed by atoms with van der Waals surface area (Å²) in [6.45, 7) is 5.32. The Morgan fingerprint density at radius 3 is 2.61 bits per heavy atom. The molecule has 0 fully saturated rings. The number of nitrogens with one attached hydrogen (secondary N) is 2. The third-order valence-electron chi connectivity index (χ3n) is 4.77. The summed E-state index contributed by atoms with van der Waals surface area (Å²) in [7, 11) is 1.76. The lowest BCUT2D eigenvalue weighted by atomic mass is 10.1. The third-order valence-corrected chi connectivity index (χ3v) is 4.77. The number of guanidine groups is 1. The van der Waals surface area contributed by atoms with Crippen LogP contribution in [0, 0.1) is 13.8 Å². The normalized spacial score (nSPS) is 11.6. The fourth-order valence-corrected chi connectivity index (χ4v) is 3.24. The molecule has 146 valence electrons. The van der Waals surface area contributed by atoms with Crippen LogP contribution in [0.1, 0.15) is 22.7 Å². The van der Waals surface area contributed by atoms with Crippen LogP contribution in [0.5, 0.6) is 0 Å². The van der Waals surface area contributed by atoms with Gasteiger partial charge in [0.2, 0.25) is 0 Å². The van der Waals surface area contributed by atoms with Gasteiger partial charge < -0.3 is 19.5 Å². The van der Waals surface area contributed by atoms with Crippen LogP contribution < -0.4 is 10.6 Å². The van der Waals surface area contributed by atoms with Gasteiger partial charge in [0.05, 0.1) is 18.8 Å². The van der Waals surface area contributed by atoms with Gasteiger partial charge in [-0.3, -0.25) is 4.99 Å². The first-order chi connectivity index (χ1) is 13.2. The molecule has 0 aliphatic carbocycles. The van der Waals surface area contributed by atoms with E-state index in [1.165, 1.54) is 0 Å². The van der Waals surface area contributed by atoms with Gasteiger partial charge in [-0.2, -0.15) is 0 Å². The van der Waals surface area contributed by atoms with Crippen molar-refractivity contribution in [1.29, 1.82) is 0 Å². The van der Waals surface area contributed by atoms with Crippen molar-refractivity contribution in [1.82, 2.24) is 20.0 Å². The number of hydrogen-bond acceptors (Lipinski definition) is 3. The fourth-order valence-electron chi connectivity index (χ4n) is 3.24. The molecule has 7 heteroatoms. The first-order valence-corrected chi connectivity index (χ1v) is 9.01. The number of nitrogens with zero attached hydrogens (tertiary/aromatic N) is 3. The average molecular weight is 489 g/mol. The zero-order valence-corrected chi connectivity index (χ0v) is 18.5. The molecule has 0 amide bonds. The maximum atomic E-state index is 5.95. The van der Waals surface area contributed by atoms with E-state index in [9.17, 15) is 0 Å². The molecular weight excluding hydrogens is 465 g/mol. The number of imidazole rings is 1. The monoisotopic (exact) mass is 489 g/mol. The van der Waals surface area contributed by atoms with Gasteiger partial charge in [-0.05, 0) is 32.0 Å². The third kappa shape index (κ3) is 3.99. The second-order valence-corrected chi connectivity index (χ2v) is 6.55. The minimum atomic E-state index is 0. The Balaban J connectivity index is 0.00000225. The van der Waals surface area contributed by atoms with E-state index >= 15 is 0 Å². The highest BCUT2D eigenvalue weighted by Crippen LogP contribution is 2.24. The number of fused-ring (bicyclic) bond motifs is 2. The minimum Gasteiger partial charge on any atom is -0.459 e. The molecule has 2 N–H and O–H groups in total. The van der Waals surface area contributed by atoms with Gasteiger partial charge in [-0.25, -0.2) is 4.98 Å². The lowest BCUT2D eigenvalue weighted by Gasteiger charge is -2.10. The maximum Gasteiger partial charge on any atom is 0.191 e. The summed E-state index contributed by atoms with van der Waals surface area (Å²) < 4.78 is 8.04. The van der Waals surface area contributed by atoms with Crippen molar-refractivity contribution in [2.24, 2.45) is 4.99 Å². The molecule has 0 unspecified atom stereocenters. The molecule has 0 radical (unpaired) electrons. The summed E-state index contributed by atoms with van der Waals surface area (Å²) in [6.07, 6.45) is 2.05. The molecule has 1 aromatic carbocycles. The molecule has 0 spiro atoms. The van der Waals surface area contributed by atoms with E-state index in [0.29, 0.717) is 19.0 Å². The highest BCUT2D eigenvalue weighted by Gasteiger charge is 2.10. The van der Waals surface area contributed by atoms with Crippen molar-refractivity contribution in [2.75, 3.05) is 7.05 Å². The zero-order valence-electron chi connectivity index (χ0n) is 16.2. The summed E-state index contributed by atoms with van der Waals surface area (Å²) in [4.78, 5) is 8.93. The number of benzene rings is 1. The molecule has 4 rings (SSSR count). The largest absolute Gasteiger partial charge is 0.459 e. The van der Waals surface area contributed by atoms with Crippen LogP contribution in [0.4, 0.5) is 0 Å². The highest BCUT2D eigenvalue weighted by atomic mass is 127. The summed E-state index contributed by atoms with van der Waals surface area (Å²) in [6, 6.07) is 14.2. The van der Waals surface area contributed by atoms with E-state index < -0.39 is 0 Å². The number of aryl methyl sites for hydroxylation is 2. The van der Waals surface area contributed by atoms with Crippen molar-refractivity contribution in [2.45, 2.75) is 26.9 Å². The number of aliphatic imine (C=N–C) groups is 1. The van der Waals surface area contributed by atoms with E-state index in [4.69, 9.17) is 4.42 Å². The van der Waals surface area contributed by atoms with Crippen LogP contribution in [0.3, 0.4) is 0 Å². The standard InChI is InChI=1S/C21H23N5O.HI/c1-14-7-6-10-20-25-16(13-26(14)20)11-23-21(22-3)24-12-19-15(2)17-8-4-5-9-18(17)27-19;/h4-10,13H,11-12H2,1-3H3,(H2,22,23,24);1H. The van der Waals surface area contributed by atoms with Gasteiger partial charge in [0.15, 0.2) is 5.96 Å². The quantitative estimate of drug-likeness (QED) is 0.257. The Labute approximate surface area is 181 Å². The molecule has 3 aromatic heterocycles. The van der Waals surface area contributed by atoms with Crippen LogP contribution in [0.25, 0.3) is 16.6 Å². The molecule has 0 bridgehead atoms. The Morgan fingerprint density at radius 2 is 1.86 bits per heavy atom. The van der Waals surface area contributed by atoms with E-state index in [1.54, 1.807) is 7.05 Å². The number of aromatic nitrogens is 2.